The van der Waals surface area contributed by atoms with Crippen LogP contribution < -0.4 is 5.32 Å². The molecule has 3 heteroatoms. The highest BCUT2D eigenvalue weighted by Crippen LogP contribution is 2.07. The SMILES string of the molecule is CCN1CC(CO)NCCC1C. The molecule has 0 aromatic heterocycles. The molecule has 0 bridgehead atoms. The second-order valence-corrected chi connectivity index (χ2v) is 3.56. The zero-order valence-electron chi connectivity index (χ0n) is 8.08. The Morgan fingerprint density at radius 2 is 2.33 bits per heavy atom. The van der Waals surface area contributed by atoms with E-state index in [1.807, 2.05) is 0 Å². The summed E-state index contributed by atoms with van der Waals surface area (Å²) in [5.41, 5.74) is 0. The fourth-order valence-electron chi connectivity index (χ4n) is 1.77. The van der Waals surface area contributed by atoms with E-state index in [-0.39, 0.29) is 12.6 Å². The maximum atomic E-state index is 9.03. The van der Waals surface area contributed by atoms with Gasteiger partial charge in [-0.1, -0.05) is 6.92 Å². The first-order valence-corrected chi connectivity index (χ1v) is 4.86. The van der Waals surface area contributed by atoms with E-state index in [0.717, 1.165) is 19.6 Å². The lowest BCUT2D eigenvalue weighted by molar-refractivity contribution is 0.178. The quantitative estimate of drug-likeness (QED) is 0.618. The van der Waals surface area contributed by atoms with Crippen molar-refractivity contribution < 1.29 is 5.11 Å². The predicted molar refractivity (Wildman–Crippen MR) is 50.2 cm³/mol. The van der Waals surface area contributed by atoms with Gasteiger partial charge in [0.25, 0.3) is 0 Å². The third kappa shape index (κ3) is 2.44. The topological polar surface area (TPSA) is 35.5 Å². The fourth-order valence-corrected chi connectivity index (χ4v) is 1.77. The molecule has 0 aliphatic carbocycles. The Kier molecular flexibility index (Phi) is 3.98. The van der Waals surface area contributed by atoms with Crippen LogP contribution >= 0.6 is 0 Å². The summed E-state index contributed by atoms with van der Waals surface area (Å²) in [4.78, 5) is 2.42. The van der Waals surface area contributed by atoms with Crippen molar-refractivity contribution in [2.24, 2.45) is 0 Å². The Morgan fingerprint density at radius 1 is 1.58 bits per heavy atom. The summed E-state index contributed by atoms with van der Waals surface area (Å²) in [6, 6.07) is 0.925. The van der Waals surface area contributed by atoms with Crippen molar-refractivity contribution in [2.45, 2.75) is 32.4 Å². The Labute approximate surface area is 74.8 Å². The Balaban J connectivity index is 2.46. The molecule has 1 fully saturated rings. The van der Waals surface area contributed by atoms with E-state index in [9.17, 15) is 0 Å². The highest BCUT2D eigenvalue weighted by molar-refractivity contribution is 4.79. The standard InChI is InChI=1S/C9H20N2O/c1-3-11-6-9(7-12)10-5-4-8(11)2/h8-10,12H,3-7H2,1-2H3. The molecule has 0 spiro atoms. The van der Waals surface area contributed by atoms with Crippen molar-refractivity contribution in [3.8, 4) is 0 Å². The van der Waals surface area contributed by atoms with Crippen molar-refractivity contribution >= 4 is 0 Å². The number of nitrogens with one attached hydrogen (secondary N) is 1. The first-order valence-electron chi connectivity index (χ1n) is 4.86. The van der Waals surface area contributed by atoms with Crippen molar-refractivity contribution in [1.29, 1.82) is 0 Å². The fraction of sp³-hybridized carbons (Fsp3) is 1.00. The van der Waals surface area contributed by atoms with Gasteiger partial charge in [0.05, 0.1) is 6.61 Å². The summed E-state index contributed by atoms with van der Waals surface area (Å²) < 4.78 is 0. The molecule has 0 saturated carbocycles. The molecule has 1 aliphatic heterocycles. The number of aliphatic hydroxyl groups is 1. The van der Waals surface area contributed by atoms with Crippen LogP contribution in [-0.2, 0) is 0 Å². The number of aliphatic hydroxyl groups excluding tert-OH is 1. The lowest BCUT2D eigenvalue weighted by Gasteiger charge is -2.26. The summed E-state index contributed by atoms with van der Waals surface area (Å²) in [5.74, 6) is 0. The van der Waals surface area contributed by atoms with E-state index < -0.39 is 0 Å². The summed E-state index contributed by atoms with van der Waals surface area (Å²) in [6.07, 6.45) is 1.18. The minimum Gasteiger partial charge on any atom is -0.395 e. The smallest absolute Gasteiger partial charge is 0.0597 e. The maximum absolute atomic E-state index is 9.03. The molecule has 2 atom stereocenters. The molecule has 2 unspecified atom stereocenters. The Hall–Kier alpha value is -0.120. The first kappa shape index (κ1) is 9.96. The van der Waals surface area contributed by atoms with Crippen molar-refractivity contribution in [2.75, 3.05) is 26.2 Å². The Bertz CT molecular complexity index is 130. The molecular weight excluding hydrogens is 152 g/mol. The van der Waals surface area contributed by atoms with Gasteiger partial charge in [0.2, 0.25) is 0 Å². The monoisotopic (exact) mass is 172 g/mol. The van der Waals surface area contributed by atoms with E-state index in [1.54, 1.807) is 0 Å². The third-order valence-corrected chi connectivity index (χ3v) is 2.70. The van der Waals surface area contributed by atoms with Gasteiger partial charge in [-0.2, -0.15) is 0 Å². The molecule has 0 aromatic carbocycles. The molecule has 0 radical (unpaired) electrons. The lowest BCUT2D eigenvalue weighted by atomic mass is 10.2. The highest BCUT2D eigenvalue weighted by atomic mass is 16.3. The zero-order valence-corrected chi connectivity index (χ0v) is 8.08. The predicted octanol–water partition coefficient (Wildman–Crippen LogP) is 0.0510. The van der Waals surface area contributed by atoms with Crippen LogP contribution in [0.1, 0.15) is 20.3 Å². The molecule has 1 aliphatic rings. The minimum absolute atomic E-state index is 0.253. The number of hydrogen-bond donors (Lipinski definition) is 2. The summed E-state index contributed by atoms with van der Waals surface area (Å²) >= 11 is 0. The molecule has 0 amide bonds. The molecule has 72 valence electrons. The number of nitrogens with zero attached hydrogens (tertiary/aromatic N) is 1. The number of likely N-dealkylation sites (N-methyl/N-ethyl adjacent to an activating group) is 1. The van der Waals surface area contributed by atoms with Gasteiger partial charge in [-0.05, 0) is 26.4 Å². The van der Waals surface area contributed by atoms with Crippen molar-refractivity contribution in [3.63, 3.8) is 0 Å². The summed E-state index contributed by atoms with van der Waals surface area (Å²) in [7, 11) is 0. The van der Waals surface area contributed by atoms with Gasteiger partial charge in [0, 0.05) is 18.6 Å². The molecule has 2 N–H and O–H groups in total. The number of rotatable bonds is 2. The molecule has 12 heavy (non-hydrogen) atoms. The average molecular weight is 172 g/mol. The average Bonchev–Trinajstić information content (AvgIpc) is 2.27. The number of hydrogen-bond acceptors (Lipinski definition) is 3. The van der Waals surface area contributed by atoms with E-state index >= 15 is 0 Å². The third-order valence-electron chi connectivity index (χ3n) is 2.70. The molecular formula is C9H20N2O. The van der Waals surface area contributed by atoms with Crippen LogP contribution in [0.2, 0.25) is 0 Å². The minimum atomic E-state index is 0.253. The lowest BCUT2D eigenvalue weighted by Crippen LogP contribution is -2.41. The molecule has 1 saturated heterocycles. The van der Waals surface area contributed by atoms with Gasteiger partial charge < -0.3 is 10.4 Å². The molecule has 0 aromatic rings. The maximum Gasteiger partial charge on any atom is 0.0597 e. The van der Waals surface area contributed by atoms with Crippen molar-refractivity contribution in [3.05, 3.63) is 0 Å². The van der Waals surface area contributed by atoms with Gasteiger partial charge >= 0.3 is 0 Å². The zero-order chi connectivity index (χ0) is 8.97. The molecule has 1 rings (SSSR count). The second-order valence-electron chi connectivity index (χ2n) is 3.56. The van der Waals surface area contributed by atoms with Gasteiger partial charge in [-0.15, -0.1) is 0 Å². The van der Waals surface area contributed by atoms with Crippen LogP contribution in [0.4, 0.5) is 0 Å². The van der Waals surface area contributed by atoms with E-state index in [1.165, 1.54) is 6.42 Å². The van der Waals surface area contributed by atoms with Gasteiger partial charge in [0.15, 0.2) is 0 Å². The van der Waals surface area contributed by atoms with Crippen LogP contribution in [0.25, 0.3) is 0 Å². The highest BCUT2D eigenvalue weighted by Gasteiger charge is 2.20. The van der Waals surface area contributed by atoms with Crippen LogP contribution in [0.15, 0.2) is 0 Å². The first-order chi connectivity index (χ1) is 5.77. The van der Waals surface area contributed by atoms with E-state index in [4.69, 9.17) is 5.11 Å². The van der Waals surface area contributed by atoms with Gasteiger partial charge in [-0.3, -0.25) is 4.90 Å². The Morgan fingerprint density at radius 3 is 2.92 bits per heavy atom. The van der Waals surface area contributed by atoms with Gasteiger partial charge in [-0.25, -0.2) is 0 Å². The molecule has 1 heterocycles. The van der Waals surface area contributed by atoms with E-state index in [0.29, 0.717) is 6.04 Å². The van der Waals surface area contributed by atoms with Crippen LogP contribution in [-0.4, -0.2) is 48.3 Å². The summed E-state index contributed by atoms with van der Waals surface area (Å²) in [5, 5.41) is 12.4. The van der Waals surface area contributed by atoms with E-state index in [2.05, 4.69) is 24.1 Å². The largest absolute Gasteiger partial charge is 0.395 e. The molecule has 3 nitrogen and oxygen atoms in total. The van der Waals surface area contributed by atoms with Crippen LogP contribution in [0.5, 0.6) is 0 Å². The second kappa shape index (κ2) is 4.80. The van der Waals surface area contributed by atoms with Crippen molar-refractivity contribution in [1.82, 2.24) is 10.2 Å². The van der Waals surface area contributed by atoms with Crippen LogP contribution in [0, 0.1) is 0 Å². The van der Waals surface area contributed by atoms with Gasteiger partial charge in [0.1, 0.15) is 0 Å². The normalized spacial score (nSPS) is 33.2. The van der Waals surface area contributed by atoms with Crippen LogP contribution in [0.3, 0.4) is 0 Å². The summed E-state index contributed by atoms with van der Waals surface area (Å²) in [6.45, 7) is 7.78.